The normalized spacial score (nSPS) is 13.1. The first-order valence-electron chi connectivity index (χ1n) is 9.26. The maximum absolute atomic E-state index is 12.5. The lowest BCUT2D eigenvalue weighted by atomic mass is 10.1. The van der Waals surface area contributed by atoms with Crippen molar-refractivity contribution in [3.63, 3.8) is 0 Å². The summed E-state index contributed by atoms with van der Waals surface area (Å²) in [6, 6.07) is 14.0. The van der Waals surface area contributed by atoms with Crippen LogP contribution < -0.4 is 10.5 Å². The number of rotatable bonds is 4. The van der Waals surface area contributed by atoms with E-state index >= 15 is 0 Å². The van der Waals surface area contributed by atoms with Crippen molar-refractivity contribution in [2.24, 2.45) is 0 Å². The molecule has 0 saturated heterocycles. The number of fused-ring (bicyclic) bond motifs is 2. The van der Waals surface area contributed by atoms with Gasteiger partial charge in [0, 0.05) is 41.4 Å². The summed E-state index contributed by atoms with van der Waals surface area (Å²) in [5, 5.41) is 0.734. The predicted molar refractivity (Wildman–Crippen MR) is 109 cm³/mol. The topological polar surface area (TPSA) is 67.6 Å². The molecule has 28 heavy (non-hydrogen) atoms. The standard InChI is InChI=1S/C23H19NO4/c1-3-24(4-2)16-10-9-14-11-15(23(27)28-20(14)13-16)12-19-21(25)17-7-5-6-8-18(17)22(19)26/h5-13H,3-4H2,1-2H3. The number of anilines is 1. The van der Waals surface area contributed by atoms with Gasteiger partial charge in [0.05, 0.1) is 11.1 Å². The first kappa shape index (κ1) is 17.9. The smallest absolute Gasteiger partial charge is 0.343 e. The van der Waals surface area contributed by atoms with Gasteiger partial charge in [0.15, 0.2) is 11.6 Å². The number of Topliss-reactive ketones (excluding diaryl/α,β-unsaturated/α-hetero) is 2. The number of nitrogens with zero attached hydrogens (tertiary/aromatic N) is 1. The van der Waals surface area contributed by atoms with Crippen LogP contribution in [0.4, 0.5) is 5.69 Å². The van der Waals surface area contributed by atoms with Crippen LogP contribution in [0.3, 0.4) is 0 Å². The fourth-order valence-electron chi connectivity index (χ4n) is 3.56. The van der Waals surface area contributed by atoms with Gasteiger partial charge in [-0.15, -0.1) is 0 Å². The van der Waals surface area contributed by atoms with Crippen molar-refractivity contribution in [1.29, 1.82) is 0 Å². The van der Waals surface area contributed by atoms with Crippen LogP contribution in [0.5, 0.6) is 0 Å². The van der Waals surface area contributed by atoms with Crippen molar-refractivity contribution in [3.8, 4) is 0 Å². The van der Waals surface area contributed by atoms with Crippen LogP contribution in [-0.4, -0.2) is 24.7 Å². The third-order valence-electron chi connectivity index (χ3n) is 5.08. The highest BCUT2D eigenvalue weighted by Gasteiger charge is 2.32. The highest BCUT2D eigenvalue weighted by molar-refractivity contribution is 6.41. The molecule has 0 radical (unpaired) electrons. The molecule has 0 atom stereocenters. The number of carbonyl (C=O) groups excluding carboxylic acids is 2. The Morgan fingerprint density at radius 2 is 1.54 bits per heavy atom. The zero-order valence-electron chi connectivity index (χ0n) is 15.7. The first-order chi connectivity index (χ1) is 13.5. The van der Waals surface area contributed by atoms with E-state index in [1.165, 1.54) is 6.08 Å². The number of allylic oxidation sites excluding steroid dienone is 1. The van der Waals surface area contributed by atoms with Gasteiger partial charge in [0.2, 0.25) is 0 Å². The van der Waals surface area contributed by atoms with E-state index < -0.39 is 5.63 Å². The van der Waals surface area contributed by atoms with Crippen LogP contribution in [0.1, 0.15) is 40.1 Å². The van der Waals surface area contributed by atoms with Crippen molar-refractivity contribution in [2.75, 3.05) is 18.0 Å². The molecule has 0 amide bonds. The Bertz CT molecular complexity index is 1160. The lowest BCUT2D eigenvalue weighted by Gasteiger charge is -2.20. The lowest BCUT2D eigenvalue weighted by molar-refractivity contribution is 0.0990. The fraction of sp³-hybridized carbons (Fsp3) is 0.174. The second-order valence-corrected chi connectivity index (χ2v) is 6.65. The molecule has 0 N–H and O–H groups in total. The average molecular weight is 373 g/mol. The molecule has 0 fully saturated rings. The Morgan fingerprint density at radius 3 is 2.14 bits per heavy atom. The number of carbonyl (C=O) groups is 2. The van der Waals surface area contributed by atoms with Crippen LogP contribution in [0.25, 0.3) is 17.0 Å². The molecule has 1 aromatic heterocycles. The summed E-state index contributed by atoms with van der Waals surface area (Å²) in [6.07, 6.45) is 1.34. The summed E-state index contributed by atoms with van der Waals surface area (Å²) in [5.74, 6) is -0.728. The molecule has 0 unspecified atom stereocenters. The van der Waals surface area contributed by atoms with Crippen molar-refractivity contribution in [2.45, 2.75) is 13.8 Å². The number of hydrogen-bond donors (Lipinski definition) is 0. The summed E-state index contributed by atoms with van der Waals surface area (Å²) in [4.78, 5) is 39.7. The minimum Gasteiger partial charge on any atom is -0.422 e. The van der Waals surface area contributed by atoms with Gasteiger partial charge in [-0.25, -0.2) is 4.79 Å². The highest BCUT2D eigenvalue weighted by atomic mass is 16.4. The van der Waals surface area contributed by atoms with E-state index in [1.807, 2.05) is 18.2 Å². The zero-order chi connectivity index (χ0) is 19.8. The SMILES string of the molecule is CCN(CC)c1ccc2cc(C=C3C(=O)c4ccccc4C3=O)c(=O)oc2c1. The second-order valence-electron chi connectivity index (χ2n) is 6.65. The van der Waals surface area contributed by atoms with Gasteiger partial charge in [-0.3, -0.25) is 9.59 Å². The van der Waals surface area contributed by atoms with Gasteiger partial charge in [-0.1, -0.05) is 24.3 Å². The molecular formula is C23H19NO4. The largest absolute Gasteiger partial charge is 0.422 e. The van der Waals surface area contributed by atoms with Crippen LogP contribution in [-0.2, 0) is 0 Å². The van der Waals surface area contributed by atoms with Gasteiger partial charge >= 0.3 is 5.63 Å². The highest BCUT2D eigenvalue weighted by Crippen LogP contribution is 2.28. The molecule has 0 aliphatic heterocycles. The Labute approximate surface area is 161 Å². The molecular weight excluding hydrogens is 354 g/mol. The third-order valence-corrected chi connectivity index (χ3v) is 5.08. The second kappa shape index (κ2) is 6.93. The van der Waals surface area contributed by atoms with Crippen LogP contribution >= 0.6 is 0 Å². The maximum Gasteiger partial charge on any atom is 0.343 e. The monoisotopic (exact) mass is 373 g/mol. The molecule has 0 spiro atoms. The Morgan fingerprint density at radius 1 is 0.893 bits per heavy atom. The van der Waals surface area contributed by atoms with Gasteiger partial charge < -0.3 is 9.32 Å². The van der Waals surface area contributed by atoms with E-state index in [1.54, 1.807) is 30.3 Å². The molecule has 1 heterocycles. The lowest BCUT2D eigenvalue weighted by Crippen LogP contribution is -2.21. The molecule has 1 aliphatic rings. The van der Waals surface area contributed by atoms with Crippen molar-refractivity contribution < 1.29 is 14.0 Å². The summed E-state index contributed by atoms with van der Waals surface area (Å²) >= 11 is 0. The summed E-state index contributed by atoms with van der Waals surface area (Å²) in [7, 11) is 0. The van der Waals surface area contributed by atoms with E-state index in [0.29, 0.717) is 16.7 Å². The minimum atomic E-state index is -0.576. The van der Waals surface area contributed by atoms with Crippen molar-refractivity contribution in [3.05, 3.63) is 81.2 Å². The minimum absolute atomic E-state index is 0.00684. The van der Waals surface area contributed by atoms with E-state index in [4.69, 9.17) is 4.42 Å². The molecule has 140 valence electrons. The number of benzene rings is 2. The first-order valence-corrected chi connectivity index (χ1v) is 9.26. The Balaban J connectivity index is 1.78. The van der Waals surface area contributed by atoms with Crippen molar-refractivity contribution in [1.82, 2.24) is 0 Å². The van der Waals surface area contributed by atoms with E-state index in [2.05, 4.69) is 18.7 Å². The van der Waals surface area contributed by atoms with E-state index in [9.17, 15) is 14.4 Å². The van der Waals surface area contributed by atoms with Crippen LogP contribution in [0.15, 0.2) is 63.3 Å². The van der Waals surface area contributed by atoms with E-state index in [0.717, 1.165) is 24.2 Å². The molecule has 5 nitrogen and oxygen atoms in total. The molecule has 4 rings (SSSR count). The van der Waals surface area contributed by atoms with Gasteiger partial charge in [-0.05, 0) is 38.1 Å². The van der Waals surface area contributed by atoms with Crippen LogP contribution in [0.2, 0.25) is 0 Å². The molecule has 3 aromatic rings. The van der Waals surface area contributed by atoms with E-state index in [-0.39, 0.29) is 22.7 Å². The number of hydrogen-bond acceptors (Lipinski definition) is 5. The number of ketones is 2. The molecule has 0 bridgehead atoms. The Hall–Kier alpha value is -3.47. The third kappa shape index (κ3) is 2.85. The van der Waals surface area contributed by atoms with Gasteiger partial charge in [-0.2, -0.15) is 0 Å². The molecule has 2 aromatic carbocycles. The summed E-state index contributed by atoms with van der Waals surface area (Å²) in [6.45, 7) is 5.82. The quantitative estimate of drug-likeness (QED) is 0.391. The van der Waals surface area contributed by atoms with Crippen LogP contribution in [0, 0.1) is 0 Å². The molecule has 5 heteroatoms. The fourth-order valence-corrected chi connectivity index (χ4v) is 3.56. The summed E-state index contributed by atoms with van der Waals surface area (Å²) < 4.78 is 5.48. The molecule has 0 saturated carbocycles. The van der Waals surface area contributed by atoms with Gasteiger partial charge in [0.1, 0.15) is 5.58 Å². The Kier molecular flexibility index (Phi) is 4.43. The molecule has 1 aliphatic carbocycles. The average Bonchev–Trinajstić information content (AvgIpc) is 2.94. The predicted octanol–water partition coefficient (Wildman–Crippen LogP) is 4.10. The zero-order valence-corrected chi connectivity index (χ0v) is 15.7. The summed E-state index contributed by atoms with van der Waals surface area (Å²) in [5.41, 5.74) is 1.79. The van der Waals surface area contributed by atoms with Crippen molar-refractivity contribution >= 4 is 34.3 Å². The maximum atomic E-state index is 12.5. The van der Waals surface area contributed by atoms with Gasteiger partial charge in [0.25, 0.3) is 0 Å².